The van der Waals surface area contributed by atoms with Crippen molar-refractivity contribution in [3.8, 4) is 11.5 Å². The van der Waals surface area contributed by atoms with Crippen LogP contribution in [0.1, 0.15) is 15.9 Å². The Morgan fingerprint density at radius 1 is 1.00 bits per heavy atom. The smallest absolute Gasteiger partial charge is 0.261 e. The number of benzene rings is 3. The highest BCUT2D eigenvalue weighted by molar-refractivity contribution is 7.92. The van der Waals surface area contributed by atoms with E-state index in [1.807, 2.05) is 6.07 Å². The molecule has 0 aliphatic heterocycles. The van der Waals surface area contributed by atoms with Gasteiger partial charge in [0.25, 0.3) is 15.9 Å². The molecule has 0 spiro atoms. The summed E-state index contributed by atoms with van der Waals surface area (Å²) in [5, 5.41) is 2.84. The molecule has 174 valence electrons. The lowest BCUT2D eigenvalue weighted by Crippen LogP contribution is -2.26. The normalized spacial score (nSPS) is 11.0. The lowest BCUT2D eigenvalue weighted by atomic mass is 10.1. The standard InChI is InChI=1S/C23H22ClFN2O5S/c1-31-18-8-3-15(22(13-18)32-2)11-12-26-23(28)20-14-19(9-10-21(20)24)33(29,30)27-17-6-4-16(25)5-7-17/h3-10,13-14,27H,11-12H2,1-2H3,(H,26,28). The minimum atomic E-state index is -4.02. The van der Waals surface area contributed by atoms with Gasteiger partial charge in [0.2, 0.25) is 0 Å². The predicted molar refractivity (Wildman–Crippen MR) is 124 cm³/mol. The fourth-order valence-corrected chi connectivity index (χ4v) is 4.33. The minimum absolute atomic E-state index is 0.0142. The number of nitrogens with one attached hydrogen (secondary N) is 2. The number of hydrogen-bond donors (Lipinski definition) is 2. The topological polar surface area (TPSA) is 93.7 Å². The number of rotatable bonds is 9. The Morgan fingerprint density at radius 3 is 2.39 bits per heavy atom. The number of halogens is 2. The molecular formula is C23H22ClFN2O5S. The van der Waals surface area contributed by atoms with Crippen molar-refractivity contribution in [3.05, 3.63) is 82.6 Å². The van der Waals surface area contributed by atoms with Crippen molar-refractivity contribution in [1.82, 2.24) is 5.32 Å². The molecule has 0 aliphatic rings. The highest BCUT2D eigenvalue weighted by Gasteiger charge is 2.19. The SMILES string of the molecule is COc1ccc(CCNC(=O)c2cc(S(=O)(=O)Nc3ccc(F)cc3)ccc2Cl)c(OC)c1. The predicted octanol–water partition coefficient (Wildman–Crippen LogP) is 4.27. The molecule has 3 rings (SSSR count). The quantitative estimate of drug-likeness (QED) is 0.465. The van der Waals surface area contributed by atoms with Crippen LogP contribution in [0.2, 0.25) is 5.02 Å². The molecule has 0 atom stereocenters. The van der Waals surface area contributed by atoms with Crippen molar-refractivity contribution in [1.29, 1.82) is 0 Å². The highest BCUT2D eigenvalue weighted by Crippen LogP contribution is 2.25. The maximum atomic E-state index is 13.1. The second-order valence-corrected chi connectivity index (χ2v) is 9.03. The fourth-order valence-electron chi connectivity index (χ4n) is 3.04. The van der Waals surface area contributed by atoms with Crippen LogP contribution in [0.5, 0.6) is 11.5 Å². The zero-order valence-electron chi connectivity index (χ0n) is 17.9. The number of carbonyl (C=O) groups excluding carboxylic acids is 1. The van der Waals surface area contributed by atoms with Crippen LogP contribution in [0.4, 0.5) is 10.1 Å². The van der Waals surface area contributed by atoms with Crippen molar-refractivity contribution in [2.75, 3.05) is 25.5 Å². The zero-order valence-corrected chi connectivity index (χ0v) is 19.5. The Hall–Kier alpha value is -3.30. The van der Waals surface area contributed by atoms with Gasteiger partial charge >= 0.3 is 0 Å². The molecule has 3 aromatic carbocycles. The molecule has 7 nitrogen and oxygen atoms in total. The van der Waals surface area contributed by atoms with Gasteiger partial charge in [-0.2, -0.15) is 0 Å². The molecule has 1 amide bonds. The second-order valence-electron chi connectivity index (χ2n) is 6.94. The summed E-state index contributed by atoms with van der Waals surface area (Å²) in [6.45, 7) is 0.267. The number of anilines is 1. The molecule has 33 heavy (non-hydrogen) atoms. The molecule has 2 N–H and O–H groups in total. The van der Waals surface area contributed by atoms with Gasteiger partial charge in [-0.15, -0.1) is 0 Å². The third-order valence-electron chi connectivity index (χ3n) is 4.76. The van der Waals surface area contributed by atoms with Crippen LogP contribution in [0.25, 0.3) is 0 Å². The van der Waals surface area contributed by atoms with Crippen molar-refractivity contribution >= 4 is 33.2 Å². The van der Waals surface area contributed by atoms with Gasteiger partial charge in [-0.3, -0.25) is 9.52 Å². The fraction of sp³-hybridized carbons (Fsp3) is 0.174. The summed E-state index contributed by atoms with van der Waals surface area (Å²) in [7, 11) is -0.916. The monoisotopic (exact) mass is 492 g/mol. The summed E-state index contributed by atoms with van der Waals surface area (Å²) >= 11 is 6.14. The van der Waals surface area contributed by atoms with Gasteiger partial charge in [-0.1, -0.05) is 17.7 Å². The molecule has 0 radical (unpaired) electrons. The molecule has 0 aliphatic carbocycles. The lowest BCUT2D eigenvalue weighted by Gasteiger charge is -2.12. The first kappa shape index (κ1) is 24.3. The molecule has 0 aromatic heterocycles. The first-order valence-electron chi connectivity index (χ1n) is 9.80. The van der Waals surface area contributed by atoms with E-state index in [1.54, 1.807) is 26.4 Å². The van der Waals surface area contributed by atoms with Gasteiger partial charge in [-0.25, -0.2) is 12.8 Å². The molecule has 0 unspecified atom stereocenters. The summed E-state index contributed by atoms with van der Waals surface area (Å²) in [5.41, 5.74) is 1.07. The number of sulfonamides is 1. The molecule has 0 fully saturated rings. The number of amides is 1. The second kappa shape index (κ2) is 10.5. The Labute approximate surface area is 196 Å². The Bertz CT molecular complexity index is 1250. The Morgan fingerprint density at radius 2 is 1.73 bits per heavy atom. The van der Waals surface area contributed by atoms with Gasteiger partial charge in [-0.05, 0) is 60.5 Å². The van der Waals surface area contributed by atoms with Gasteiger partial charge in [0, 0.05) is 18.3 Å². The number of ether oxygens (including phenoxy) is 2. The van der Waals surface area contributed by atoms with Crippen LogP contribution in [-0.4, -0.2) is 35.1 Å². The van der Waals surface area contributed by atoms with Crippen molar-refractivity contribution in [3.63, 3.8) is 0 Å². The van der Waals surface area contributed by atoms with E-state index in [-0.39, 0.29) is 27.7 Å². The van der Waals surface area contributed by atoms with Crippen LogP contribution in [0.15, 0.2) is 65.6 Å². The third-order valence-corrected chi connectivity index (χ3v) is 6.47. The van der Waals surface area contributed by atoms with Crippen molar-refractivity contribution < 1.29 is 27.1 Å². The minimum Gasteiger partial charge on any atom is -0.497 e. The summed E-state index contributed by atoms with van der Waals surface area (Å²) in [4.78, 5) is 12.5. The van der Waals surface area contributed by atoms with Gasteiger partial charge in [0.05, 0.1) is 29.7 Å². The van der Waals surface area contributed by atoms with E-state index in [1.165, 1.54) is 30.3 Å². The average molecular weight is 493 g/mol. The molecule has 0 heterocycles. The van der Waals surface area contributed by atoms with E-state index >= 15 is 0 Å². The molecular weight excluding hydrogens is 471 g/mol. The Balaban J connectivity index is 1.71. The van der Waals surface area contributed by atoms with E-state index in [9.17, 15) is 17.6 Å². The summed E-state index contributed by atoms with van der Waals surface area (Å²) < 4.78 is 51.3. The van der Waals surface area contributed by atoms with Crippen molar-refractivity contribution in [2.24, 2.45) is 0 Å². The van der Waals surface area contributed by atoms with Crippen LogP contribution in [0.3, 0.4) is 0 Å². The molecule has 0 saturated heterocycles. The van der Waals surface area contributed by atoms with E-state index < -0.39 is 21.7 Å². The molecule has 0 saturated carbocycles. The third kappa shape index (κ3) is 6.15. The maximum absolute atomic E-state index is 13.1. The average Bonchev–Trinajstić information content (AvgIpc) is 2.80. The van der Waals surface area contributed by atoms with E-state index in [2.05, 4.69) is 10.0 Å². The number of methoxy groups -OCH3 is 2. The van der Waals surface area contributed by atoms with Crippen LogP contribution in [0, 0.1) is 5.82 Å². The van der Waals surface area contributed by atoms with Crippen LogP contribution < -0.4 is 19.5 Å². The first-order chi connectivity index (χ1) is 15.7. The largest absolute Gasteiger partial charge is 0.497 e. The molecule has 0 bridgehead atoms. The zero-order chi connectivity index (χ0) is 24.0. The number of carbonyl (C=O) groups is 1. The molecule has 3 aromatic rings. The first-order valence-corrected chi connectivity index (χ1v) is 11.7. The lowest BCUT2D eigenvalue weighted by molar-refractivity contribution is 0.0954. The summed E-state index contributed by atoms with van der Waals surface area (Å²) in [5.74, 6) is 0.266. The van der Waals surface area contributed by atoms with Crippen LogP contribution >= 0.6 is 11.6 Å². The number of hydrogen-bond acceptors (Lipinski definition) is 5. The summed E-state index contributed by atoms with van der Waals surface area (Å²) in [6, 6.07) is 14.0. The maximum Gasteiger partial charge on any atom is 0.261 e. The highest BCUT2D eigenvalue weighted by atomic mass is 35.5. The van der Waals surface area contributed by atoms with Gasteiger partial charge < -0.3 is 14.8 Å². The van der Waals surface area contributed by atoms with E-state index in [4.69, 9.17) is 21.1 Å². The van der Waals surface area contributed by atoms with Gasteiger partial charge in [0.15, 0.2) is 0 Å². The summed E-state index contributed by atoms with van der Waals surface area (Å²) in [6.07, 6.45) is 0.473. The molecule has 10 heteroatoms. The van der Waals surface area contributed by atoms with E-state index in [0.717, 1.165) is 17.7 Å². The van der Waals surface area contributed by atoms with E-state index in [0.29, 0.717) is 17.9 Å². The van der Waals surface area contributed by atoms with Crippen molar-refractivity contribution in [2.45, 2.75) is 11.3 Å². The van der Waals surface area contributed by atoms with Gasteiger partial charge in [0.1, 0.15) is 17.3 Å². The van der Waals surface area contributed by atoms with Crippen LogP contribution in [-0.2, 0) is 16.4 Å². The Kier molecular flexibility index (Phi) is 7.78.